The molecule has 0 saturated carbocycles. The highest BCUT2D eigenvalue weighted by Gasteiger charge is 2.26. The van der Waals surface area contributed by atoms with E-state index in [1.54, 1.807) is 12.1 Å². The quantitative estimate of drug-likeness (QED) is 0.817. The molecule has 3 N–H and O–H groups in total. The number of nitrogen functional groups attached to an aromatic ring is 1. The molecule has 19 heavy (non-hydrogen) atoms. The molecule has 1 aromatic rings. The highest BCUT2D eigenvalue weighted by molar-refractivity contribution is 9.10. The van der Waals surface area contributed by atoms with Crippen molar-refractivity contribution >= 4 is 31.6 Å². The minimum atomic E-state index is -3.54. The predicted octanol–water partition coefficient (Wildman–Crippen LogP) is 1.88. The van der Waals surface area contributed by atoms with Crippen molar-refractivity contribution in [2.24, 2.45) is 0 Å². The van der Waals surface area contributed by atoms with E-state index in [9.17, 15) is 8.42 Å². The summed E-state index contributed by atoms with van der Waals surface area (Å²) in [5, 5.41) is 0. The molecule has 5 nitrogen and oxygen atoms in total. The molecular weight excluding hydrogens is 332 g/mol. The molecule has 0 spiro atoms. The summed E-state index contributed by atoms with van der Waals surface area (Å²) < 4.78 is 33.2. The molecule has 1 heterocycles. The molecule has 0 aromatic heterocycles. The Balaban J connectivity index is 2.18. The summed E-state index contributed by atoms with van der Waals surface area (Å²) in [5.74, 6) is 0. The summed E-state index contributed by atoms with van der Waals surface area (Å²) in [7, 11) is -3.54. The largest absolute Gasteiger partial charge is 0.399 e. The van der Waals surface area contributed by atoms with Crippen molar-refractivity contribution in [3.05, 3.63) is 22.7 Å². The maximum Gasteiger partial charge on any atom is 0.241 e. The normalized spacial score (nSPS) is 24.3. The number of ether oxygens (including phenoxy) is 1. The summed E-state index contributed by atoms with van der Waals surface area (Å²) in [5.41, 5.74) is 6.13. The Morgan fingerprint density at radius 3 is 2.84 bits per heavy atom. The van der Waals surface area contributed by atoms with Gasteiger partial charge in [-0.1, -0.05) is 0 Å². The van der Waals surface area contributed by atoms with E-state index in [0.717, 1.165) is 0 Å². The lowest BCUT2D eigenvalue weighted by atomic mass is 10.1. The number of sulfonamides is 1. The van der Waals surface area contributed by atoms with Crippen LogP contribution in [0.25, 0.3) is 0 Å². The molecule has 1 fully saturated rings. The van der Waals surface area contributed by atoms with Gasteiger partial charge in [0.25, 0.3) is 0 Å². The lowest BCUT2D eigenvalue weighted by molar-refractivity contribution is 0.0173. The first-order chi connectivity index (χ1) is 8.88. The smallest absolute Gasteiger partial charge is 0.241 e. The summed E-state index contributed by atoms with van der Waals surface area (Å²) in [6, 6.07) is 4.58. The molecule has 1 saturated heterocycles. The van der Waals surface area contributed by atoms with Crippen molar-refractivity contribution in [3.8, 4) is 0 Å². The molecule has 1 aliphatic heterocycles. The van der Waals surface area contributed by atoms with Crippen LogP contribution in [0.3, 0.4) is 0 Å². The second kappa shape index (κ2) is 5.78. The zero-order valence-electron chi connectivity index (χ0n) is 10.6. The molecule has 0 aliphatic carbocycles. The van der Waals surface area contributed by atoms with E-state index < -0.39 is 10.0 Å². The van der Waals surface area contributed by atoms with Gasteiger partial charge in [-0.3, -0.25) is 0 Å². The van der Waals surface area contributed by atoms with E-state index in [2.05, 4.69) is 20.7 Å². The van der Waals surface area contributed by atoms with Crippen LogP contribution in [0.2, 0.25) is 0 Å². The molecule has 106 valence electrons. The topological polar surface area (TPSA) is 81.4 Å². The van der Waals surface area contributed by atoms with Crippen LogP contribution in [-0.4, -0.2) is 27.2 Å². The third-order valence-corrected chi connectivity index (χ3v) is 5.55. The van der Waals surface area contributed by atoms with E-state index in [-0.39, 0.29) is 17.0 Å². The van der Waals surface area contributed by atoms with Gasteiger partial charge in [0, 0.05) is 22.8 Å². The van der Waals surface area contributed by atoms with Crippen molar-refractivity contribution < 1.29 is 13.2 Å². The monoisotopic (exact) mass is 348 g/mol. The fourth-order valence-corrected chi connectivity index (χ4v) is 4.50. The van der Waals surface area contributed by atoms with Crippen molar-refractivity contribution in [1.82, 2.24) is 4.72 Å². The zero-order chi connectivity index (χ0) is 14.0. The number of hydrogen-bond acceptors (Lipinski definition) is 4. The molecule has 0 amide bonds. The van der Waals surface area contributed by atoms with E-state index in [0.29, 0.717) is 29.6 Å². The van der Waals surface area contributed by atoms with Crippen LogP contribution in [0.1, 0.15) is 19.8 Å². The molecule has 0 radical (unpaired) electrons. The van der Waals surface area contributed by atoms with Gasteiger partial charge in [0.15, 0.2) is 0 Å². The Kier molecular flexibility index (Phi) is 4.50. The van der Waals surface area contributed by atoms with Crippen molar-refractivity contribution in [1.29, 1.82) is 0 Å². The Hall–Kier alpha value is -0.630. The lowest BCUT2D eigenvalue weighted by Gasteiger charge is -2.27. The molecular formula is C12H17BrN2O3S. The van der Waals surface area contributed by atoms with Gasteiger partial charge in [0.05, 0.1) is 11.0 Å². The SMILES string of the molecule is CC1CC(NS(=O)(=O)c2ccc(N)cc2Br)CCO1. The van der Waals surface area contributed by atoms with Crippen LogP contribution >= 0.6 is 15.9 Å². The molecule has 1 aromatic carbocycles. The van der Waals surface area contributed by atoms with Gasteiger partial charge in [0.1, 0.15) is 0 Å². The number of halogens is 1. The van der Waals surface area contributed by atoms with E-state index in [1.165, 1.54) is 6.07 Å². The summed E-state index contributed by atoms with van der Waals surface area (Å²) in [6.07, 6.45) is 1.46. The molecule has 1 aliphatic rings. The fraction of sp³-hybridized carbons (Fsp3) is 0.500. The summed E-state index contributed by atoms with van der Waals surface area (Å²) in [6.45, 7) is 2.52. The van der Waals surface area contributed by atoms with E-state index >= 15 is 0 Å². The van der Waals surface area contributed by atoms with Gasteiger partial charge in [-0.2, -0.15) is 0 Å². The number of nitrogens with two attached hydrogens (primary N) is 1. The number of nitrogens with one attached hydrogen (secondary N) is 1. The Morgan fingerprint density at radius 1 is 1.47 bits per heavy atom. The van der Waals surface area contributed by atoms with Crippen LogP contribution in [0, 0.1) is 0 Å². The lowest BCUT2D eigenvalue weighted by Crippen LogP contribution is -2.41. The Bertz CT molecular complexity index is 562. The standard InChI is InChI=1S/C12H17BrN2O3S/c1-8-6-10(4-5-18-8)15-19(16,17)12-3-2-9(14)7-11(12)13/h2-3,7-8,10,15H,4-6,14H2,1H3. The second-order valence-corrected chi connectivity index (χ2v) is 7.25. The third-order valence-electron chi connectivity index (χ3n) is 3.05. The minimum absolute atomic E-state index is 0.0799. The molecule has 2 rings (SSSR count). The summed E-state index contributed by atoms with van der Waals surface area (Å²) in [4.78, 5) is 0.209. The van der Waals surface area contributed by atoms with Crippen molar-refractivity contribution in [3.63, 3.8) is 0 Å². The first-order valence-corrected chi connectivity index (χ1v) is 8.35. The Morgan fingerprint density at radius 2 is 2.21 bits per heavy atom. The van der Waals surface area contributed by atoms with E-state index in [4.69, 9.17) is 10.5 Å². The van der Waals surface area contributed by atoms with Crippen LogP contribution in [0.5, 0.6) is 0 Å². The first-order valence-electron chi connectivity index (χ1n) is 6.07. The van der Waals surface area contributed by atoms with Gasteiger partial charge in [-0.25, -0.2) is 13.1 Å². The van der Waals surface area contributed by atoms with Crippen LogP contribution in [0.4, 0.5) is 5.69 Å². The third kappa shape index (κ3) is 3.68. The average molecular weight is 349 g/mol. The van der Waals surface area contributed by atoms with Gasteiger partial charge >= 0.3 is 0 Å². The van der Waals surface area contributed by atoms with Crippen molar-refractivity contribution in [2.45, 2.75) is 36.8 Å². The van der Waals surface area contributed by atoms with Crippen LogP contribution in [0.15, 0.2) is 27.6 Å². The zero-order valence-corrected chi connectivity index (χ0v) is 13.0. The maximum atomic E-state index is 12.3. The maximum absolute atomic E-state index is 12.3. The summed E-state index contributed by atoms with van der Waals surface area (Å²) >= 11 is 3.24. The number of anilines is 1. The molecule has 7 heteroatoms. The van der Waals surface area contributed by atoms with E-state index in [1.807, 2.05) is 6.92 Å². The molecule has 2 unspecified atom stereocenters. The average Bonchev–Trinajstić information content (AvgIpc) is 2.27. The number of rotatable bonds is 3. The molecule has 2 atom stereocenters. The Labute approximate surface area is 121 Å². The van der Waals surface area contributed by atoms with Crippen LogP contribution < -0.4 is 10.5 Å². The van der Waals surface area contributed by atoms with Gasteiger partial charge in [-0.05, 0) is 53.9 Å². The van der Waals surface area contributed by atoms with Gasteiger partial charge in [-0.15, -0.1) is 0 Å². The van der Waals surface area contributed by atoms with Gasteiger partial charge < -0.3 is 10.5 Å². The number of hydrogen-bond donors (Lipinski definition) is 2. The van der Waals surface area contributed by atoms with Crippen molar-refractivity contribution in [2.75, 3.05) is 12.3 Å². The molecule has 0 bridgehead atoms. The highest BCUT2D eigenvalue weighted by Crippen LogP contribution is 2.25. The highest BCUT2D eigenvalue weighted by atomic mass is 79.9. The number of benzene rings is 1. The minimum Gasteiger partial charge on any atom is -0.399 e. The van der Waals surface area contributed by atoms with Crippen LogP contribution in [-0.2, 0) is 14.8 Å². The predicted molar refractivity (Wildman–Crippen MR) is 77.3 cm³/mol. The first kappa shape index (κ1) is 14.8. The van der Waals surface area contributed by atoms with Gasteiger partial charge in [0.2, 0.25) is 10.0 Å². The second-order valence-electron chi connectivity index (χ2n) is 4.71. The fourth-order valence-electron chi connectivity index (χ4n) is 2.12.